The zero-order chi connectivity index (χ0) is 15.0. The first kappa shape index (κ1) is 16.8. The van der Waals surface area contributed by atoms with Crippen molar-refractivity contribution in [1.82, 2.24) is 0 Å². The van der Waals surface area contributed by atoms with Crippen molar-refractivity contribution in [2.45, 2.75) is 27.7 Å². The molecule has 0 atom stereocenters. The van der Waals surface area contributed by atoms with Crippen molar-refractivity contribution in [3.63, 3.8) is 0 Å². The summed E-state index contributed by atoms with van der Waals surface area (Å²) in [5, 5.41) is 0. The highest BCUT2D eigenvalue weighted by Crippen LogP contribution is 2.17. The molecule has 0 N–H and O–H groups in total. The first-order valence-corrected chi connectivity index (χ1v) is 8.42. The molecule has 0 aliphatic heterocycles. The summed E-state index contributed by atoms with van der Waals surface area (Å²) in [6.07, 6.45) is 0. The quantitative estimate of drug-likeness (QED) is 0.691. The van der Waals surface area contributed by atoms with Crippen LogP contribution in [0.2, 0.25) is 0 Å². The monoisotopic (exact) mass is 298 g/mol. The molecule has 1 rings (SSSR count). The predicted molar refractivity (Wildman–Crippen MR) is 77.2 cm³/mol. The molecule has 0 bridgehead atoms. The zero-order valence-electron chi connectivity index (χ0n) is 12.5. The lowest BCUT2D eigenvalue weighted by molar-refractivity contribution is -0.0169. The van der Waals surface area contributed by atoms with E-state index in [0.717, 1.165) is 5.56 Å². The lowest BCUT2D eigenvalue weighted by atomic mass is 10.1. The van der Waals surface area contributed by atoms with Crippen LogP contribution in [-0.2, 0) is 17.7 Å². The van der Waals surface area contributed by atoms with E-state index in [9.17, 15) is 4.79 Å². The van der Waals surface area contributed by atoms with Gasteiger partial charge in [0.25, 0.3) is 0 Å². The van der Waals surface area contributed by atoms with Crippen LogP contribution in [0.25, 0.3) is 0 Å². The zero-order valence-corrected chi connectivity index (χ0v) is 13.5. The summed E-state index contributed by atoms with van der Waals surface area (Å²) < 4.78 is 21.9. The molecule has 112 valence electrons. The van der Waals surface area contributed by atoms with E-state index in [2.05, 4.69) is 0 Å². The smallest absolute Gasteiger partial charge is 0.448 e. The van der Waals surface area contributed by atoms with Gasteiger partial charge in [-0.15, -0.1) is 0 Å². The van der Waals surface area contributed by atoms with Gasteiger partial charge in [-0.25, -0.2) is 4.79 Å². The van der Waals surface area contributed by atoms with E-state index >= 15 is 0 Å². The van der Waals surface area contributed by atoms with E-state index in [-0.39, 0.29) is 0 Å². The Labute approximate surface area is 121 Å². The van der Waals surface area contributed by atoms with Crippen molar-refractivity contribution in [2.75, 3.05) is 19.8 Å². The van der Waals surface area contributed by atoms with Gasteiger partial charge >= 0.3 is 15.0 Å². The van der Waals surface area contributed by atoms with Gasteiger partial charge in [0.1, 0.15) is 0 Å². The van der Waals surface area contributed by atoms with Crippen molar-refractivity contribution in [3.05, 3.63) is 35.4 Å². The topological polar surface area (TPSA) is 54.0 Å². The molecule has 1 aromatic carbocycles. The van der Waals surface area contributed by atoms with Crippen LogP contribution in [-0.4, -0.2) is 34.8 Å². The Bertz CT molecular complexity index is 418. The van der Waals surface area contributed by atoms with Crippen molar-refractivity contribution < 1.29 is 22.5 Å². The van der Waals surface area contributed by atoms with Gasteiger partial charge in [-0.1, -0.05) is 18.2 Å². The molecule has 0 fully saturated rings. The number of rotatable bonds is 8. The molecule has 20 heavy (non-hydrogen) atoms. The van der Waals surface area contributed by atoms with Gasteiger partial charge in [0.15, 0.2) is 0 Å². The number of hydrogen-bond donors (Lipinski definition) is 0. The second kappa shape index (κ2) is 8.16. The Kier molecular flexibility index (Phi) is 6.87. The molecular weight excluding hydrogens is 276 g/mol. The van der Waals surface area contributed by atoms with Gasteiger partial charge < -0.3 is 17.7 Å². The van der Waals surface area contributed by atoms with Crippen molar-refractivity contribution in [3.8, 4) is 0 Å². The Balaban J connectivity index is 2.93. The lowest BCUT2D eigenvalue weighted by Crippen LogP contribution is -2.50. The van der Waals surface area contributed by atoms with Gasteiger partial charge in [-0.3, -0.25) is 0 Å². The molecule has 1 aromatic rings. The van der Waals surface area contributed by atoms with E-state index in [1.807, 2.05) is 19.1 Å². The number of carbonyl (C=O) groups excluding carboxylic acids is 1. The first-order chi connectivity index (χ1) is 9.58. The molecule has 0 amide bonds. The lowest BCUT2D eigenvalue weighted by Gasteiger charge is -2.26. The van der Waals surface area contributed by atoms with Crippen LogP contribution >= 0.6 is 0 Å². The van der Waals surface area contributed by atoms with E-state index in [4.69, 9.17) is 17.7 Å². The standard InChI is InChI=1S/C14H22O5Si/c1-5-16-20(17-6-2,18-7-3)19-14(15)13-11-9-8-10-12(13)4/h8-11H,5-7H2,1-4H3. The minimum Gasteiger partial charge on any atom is -0.448 e. The molecule has 0 aliphatic rings. The van der Waals surface area contributed by atoms with Crippen LogP contribution in [0.5, 0.6) is 0 Å². The van der Waals surface area contributed by atoms with E-state index in [1.54, 1.807) is 32.9 Å². The first-order valence-electron chi connectivity index (χ1n) is 6.79. The van der Waals surface area contributed by atoms with Gasteiger partial charge in [0.2, 0.25) is 0 Å². The molecule has 0 aliphatic carbocycles. The van der Waals surface area contributed by atoms with Gasteiger partial charge in [-0.05, 0) is 39.3 Å². The highest BCUT2D eigenvalue weighted by atomic mass is 28.4. The Morgan fingerprint density at radius 3 is 1.95 bits per heavy atom. The summed E-state index contributed by atoms with van der Waals surface area (Å²) in [5.41, 5.74) is 1.33. The number of carbonyl (C=O) groups is 1. The summed E-state index contributed by atoms with van der Waals surface area (Å²) in [5.74, 6) is -0.481. The second-order valence-electron chi connectivity index (χ2n) is 4.00. The van der Waals surface area contributed by atoms with Crippen LogP contribution < -0.4 is 0 Å². The highest BCUT2D eigenvalue weighted by Gasteiger charge is 2.49. The minimum absolute atomic E-state index is 0.354. The molecule has 0 saturated carbocycles. The second-order valence-corrected chi connectivity index (χ2v) is 6.07. The van der Waals surface area contributed by atoms with E-state index in [1.165, 1.54) is 0 Å². The van der Waals surface area contributed by atoms with Crippen LogP contribution in [0.4, 0.5) is 0 Å². The maximum atomic E-state index is 12.3. The fourth-order valence-corrected chi connectivity index (χ4v) is 3.54. The molecule has 0 heterocycles. The SMILES string of the molecule is CCO[Si](OCC)(OCC)OC(=O)c1ccccc1C. The normalized spacial score (nSPS) is 11.4. The fraction of sp³-hybridized carbons (Fsp3) is 0.500. The Hall–Kier alpha value is -1.21. The largest absolute Gasteiger partial charge is 0.751 e. The summed E-state index contributed by atoms with van der Waals surface area (Å²) in [6, 6.07) is 7.21. The Morgan fingerprint density at radius 2 is 1.50 bits per heavy atom. The molecule has 5 nitrogen and oxygen atoms in total. The van der Waals surface area contributed by atoms with E-state index < -0.39 is 15.0 Å². The van der Waals surface area contributed by atoms with Gasteiger partial charge in [0.05, 0.1) is 5.56 Å². The molecule has 6 heteroatoms. The third-order valence-electron chi connectivity index (χ3n) is 2.55. The molecule has 0 unspecified atom stereocenters. The van der Waals surface area contributed by atoms with Crippen molar-refractivity contribution >= 4 is 15.0 Å². The third-order valence-corrected chi connectivity index (χ3v) is 4.91. The van der Waals surface area contributed by atoms with Crippen LogP contribution in [0.1, 0.15) is 36.7 Å². The number of hydrogen-bond acceptors (Lipinski definition) is 5. The molecular formula is C14H22O5Si. The predicted octanol–water partition coefficient (Wildman–Crippen LogP) is 2.70. The summed E-state index contributed by atoms with van der Waals surface area (Å²) in [4.78, 5) is 12.3. The van der Waals surface area contributed by atoms with Gasteiger partial charge in [-0.2, -0.15) is 0 Å². The molecule has 0 saturated heterocycles. The van der Waals surface area contributed by atoms with E-state index in [0.29, 0.717) is 25.4 Å². The molecule has 0 aromatic heterocycles. The molecule has 0 radical (unpaired) electrons. The average molecular weight is 298 g/mol. The summed E-state index contributed by atoms with van der Waals surface area (Å²) >= 11 is 0. The maximum absolute atomic E-state index is 12.3. The maximum Gasteiger partial charge on any atom is 0.751 e. The average Bonchev–Trinajstić information content (AvgIpc) is 2.40. The molecule has 0 spiro atoms. The highest BCUT2D eigenvalue weighted by molar-refractivity contribution is 6.55. The van der Waals surface area contributed by atoms with Crippen molar-refractivity contribution in [2.24, 2.45) is 0 Å². The van der Waals surface area contributed by atoms with Crippen LogP contribution in [0, 0.1) is 6.92 Å². The Morgan fingerprint density at radius 1 is 1.00 bits per heavy atom. The third kappa shape index (κ3) is 4.41. The van der Waals surface area contributed by atoms with Crippen LogP contribution in [0.15, 0.2) is 24.3 Å². The minimum atomic E-state index is -3.41. The van der Waals surface area contributed by atoms with Gasteiger partial charge in [0, 0.05) is 19.8 Å². The summed E-state index contributed by atoms with van der Waals surface area (Å²) in [6.45, 7) is 8.33. The van der Waals surface area contributed by atoms with Crippen LogP contribution in [0.3, 0.4) is 0 Å². The van der Waals surface area contributed by atoms with Crippen molar-refractivity contribution in [1.29, 1.82) is 0 Å². The summed E-state index contributed by atoms with van der Waals surface area (Å²) in [7, 11) is -3.41. The fourth-order valence-electron chi connectivity index (χ4n) is 1.71. The number of aryl methyl sites for hydroxylation is 1. The number of benzene rings is 1.